The van der Waals surface area contributed by atoms with Crippen molar-refractivity contribution in [3.05, 3.63) is 59.4 Å². The Morgan fingerprint density at radius 2 is 1.60 bits per heavy atom. The minimum atomic E-state index is -5.27. The summed E-state index contributed by atoms with van der Waals surface area (Å²) in [6, 6.07) is 9.42. The number of halogens is 3. The van der Waals surface area contributed by atoms with E-state index in [9.17, 15) is 27.6 Å². The van der Waals surface area contributed by atoms with Crippen LogP contribution in [0, 0.1) is 0 Å². The number of carbonyl (C=O) groups is 3. The van der Waals surface area contributed by atoms with Crippen molar-refractivity contribution >= 4 is 28.4 Å². The van der Waals surface area contributed by atoms with E-state index in [4.69, 9.17) is 14.2 Å². The summed E-state index contributed by atoms with van der Waals surface area (Å²) in [4.78, 5) is 44.2. The third-order valence-corrected chi connectivity index (χ3v) is 4.86. The molecule has 0 radical (unpaired) electrons. The van der Waals surface area contributed by atoms with E-state index in [-0.39, 0.29) is 28.3 Å². The SMILES string of the molecule is COc1cccc(C(=O)c2ncc(CC(=O)NOC(=O)C(F)(F)F)c3cc(OC)c(OC)cc23)c1. The van der Waals surface area contributed by atoms with Gasteiger partial charge in [0.25, 0.3) is 5.91 Å². The first-order chi connectivity index (χ1) is 16.6. The molecule has 9 nitrogen and oxygen atoms in total. The van der Waals surface area contributed by atoms with Crippen LogP contribution in [0.3, 0.4) is 0 Å². The van der Waals surface area contributed by atoms with Gasteiger partial charge in [-0.2, -0.15) is 18.7 Å². The third kappa shape index (κ3) is 5.60. The van der Waals surface area contributed by atoms with Crippen LogP contribution in [0.2, 0.25) is 0 Å². The van der Waals surface area contributed by atoms with Gasteiger partial charge in [0.1, 0.15) is 11.4 Å². The molecule has 3 aromatic rings. The lowest BCUT2D eigenvalue weighted by molar-refractivity contribution is -0.207. The zero-order valence-electron chi connectivity index (χ0n) is 18.7. The Balaban J connectivity index is 2.03. The van der Waals surface area contributed by atoms with Crippen LogP contribution in [0.15, 0.2) is 42.6 Å². The van der Waals surface area contributed by atoms with Crippen LogP contribution in [-0.2, 0) is 20.8 Å². The second-order valence-corrected chi connectivity index (χ2v) is 7.04. The average Bonchev–Trinajstić information content (AvgIpc) is 2.85. The molecule has 1 amide bonds. The Bertz CT molecular complexity index is 1290. The van der Waals surface area contributed by atoms with E-state index in [2.05, 4.69) is 9.82 Å². The molecule has 12 heteroatoms. The molecule has 1 N–H and O–H groups in total. The van der Waals surface area contributed by atoms with Crippen LogP contribution in [0.4, 0.5) is 13.2 Å². The van der Waals surface area contributed by atoms with Crippen LogP contribution >= 0.6 is 0 Å². The number of nitrogens with zero attached hydrogens (tertiary/aromatic N) is 1. The maximum absolute atomic E-state index is 13.3. The largest absolute Gasteiger partial charge is 0.497 e. The minimum absolute atomic E-state index is 0.0295. The molecule has 1 heterocycles. The van der Waals surface area contributed by atoms with E-state index in [1.54, 1.807) is 18.2 Å². The van der Waals surface area contributed by atoms with Gasteiger partial charge in [-0.15, -0.1) is 0 Å². The number of carbonyl (C=O) groups excluding carboxylic acids is 3. The van der Waals surface area contributed by atoms with Crippen molar-refractivity contribution in [3.63, 3.8) is 0 Å². The number of hydroxylamine groups is 1. The zero-order chi connectivity index (χ0) is 25.8. The molecule has 0 aliphatic heterocycles. The second kappa shape index (κ2) is 10.3. The lowest BCUT2D eigenvalue weighted by Gasteiger charge is -2.14. The molecule has 0 spiro atoms. The van der Waals surface area contributed by atoms with Crippen LogP contribution in [0.5, 0.6) is 17.2 Å². The second-order valence-electron chi connectivity index (χ2n) is 7.04. The Morgan fingerprint density at radius 1 is 0.943 bits per heavy atom. The maximum atomic E-state index is 13.3. The Labute approximate surface area is 196 Å². The topological polar surface area (TPSA) is 113 Å². The first kappa shape index (κ1) is 25.3. The lowest BCUT2D eigenvalue weighted by Crippen LogP contribution is -2.35. The summed E-state index contributed by atoms with van der Waals surface area (Å²) in [5.74, 6) is -3.05. The molecule has 0 atom stereocenters. The third-order valence-electron chi connectivity index (χ3n) is 4.86. The zero-order valence-corrected chi connectivity index (χ0v) is 18.7. The standard InChI is InChI=1S/C23H19F3N2O7/c1-32-14-6-4-5-12(7-14)21(30)20-16-10-18(34-3)17(33-2)9-15(16)13(11-27-20)8-19(29)28-35-22(31)23(24,25)26/h4-7,9-11H,8H2,1-3H3,(H,28,29). The van der Waals surface area contributed by atoms with Crippen LogP contribution in [0.25, 0.3) is 10.8 Å². The Kier molecular flexibility index (Phi) is 7.43. The van der Waals surface area contributed by atoms with Gasteiger partial charge in [-0.3, -0.25) is 14.6 Å². The molecular formula is C23H19F3N2O7. The summed E-state index contributed by atoms with van der Waals surface area (Å²) >= 11 is 0. The number of benzene rings is 2. The van der Waals surface area contributed by atoms with Crippen LogP contribution in [0.1, 0.15) is 21.6 Å². The number of methoxy groups -OCH3 is 3. The maximum Gasteiger partial charge on any atom is 0.493 e. The molecule has 0 bridgehead atoms. The van der Waals surface area contributed by atoms with Gasteiger partial charge in [0.2, 0.25) is 5.78 Å². The number of ketones is 1. The normalized spacial score (nSPS) is 11.0. The first-order valence-corrected chi connectivity index (χ1v) is 9.88. The summed E-state index contributed by atoms with van der Waals surface area (Å²) < 4.78 is 52.7. The molecule has 0 fully saturated rings. The van der Waals surface area contributed by atoms with Gasteiger partial charge in [0.05, 0.1) is 27.8 Å². The molecule has 2 aromatic carbocycles. The van der Waals surface area contributed by atoms with Gasteiger partial charge < -0.3 is 19.0 Å². The van der Waals surface area contributed by atoms with E-state index in [1.165, 1.54) is 51.2 Å². The molecule has 0 saturated heterocycles. The number of hydrogen-bond acceptors (Lipinski definition) is 8. The highest BCUT2D eigenvalue weighted by atomic mass is 19.4. The van der Waals surface area contributed by atoms with E-state index in [1.807, 2.05) is 0 Å². The highest BCUT2D eigenvalue weighted by molar-refractivity contribution is 6.16. The number of ether oxygens (including phenoxy) is 3. The summed E-state index contributed by atoms with van der Waals surface area (Å²) in [6.45, 7) is 0. The van der Waals surface area contributed by atoms with Crippen molar-refractivity contribution in [2.75, 3.05) is 21.3 Å². The minimum Gasteiger partial charge on any atom is -0.497 e. The number of alkyl halides is 3. The Morgan fingerprint density at radius 3 is 2.20 bits per heavy atom. The molecule has 0 unspecified atom stereocenters. The number of pyridine rings is 1. The van der Waals surface area contributed by atoms with Crippen molar-refractivity contribution in [1.29, 1.82) is 0 Å². The molecule has 3 rings (SSSR count). The quantitative estimate of drug-likeness (QED) is 0.395. The van der Waals surface area contributed by atoms with Crippen LogP contribution in [-0.4, -0.2) is 50.1 Å². The van der Waals surface area contributed by atoms with E-state index in [0.717, 1.165) is 0 Å². The fourth-order valence-electron chi connectivity index (χ4n) is 3.22. The van der Waals surface area contributed by atoms with Gasteiger partial charge in [-0.25, -0.2) is 4.79 Å². The molecule has 0 saturated carbocycles. The molecule has 1 aromatic heterocycles. The lowest BCUT2D eigenvalue weighted by atomic mass is 9.97. The number of rotatable bonds is 7. The molecule has 0 aliphatic carbocycles. The number of hydrogen-bond donors (Lipinski definition) is 1. The van der Waals surface area contributed by atoms with Gasteiger partial charge in [-0.05, 0) is 35.2 Å². The van der Waals surface area contributed by atoms with Crippen molar-refractivity contribution in [3.8, 4) is 17.2 Å². The van der Waals surface area contributed by atoms with E-state index >= 15 is 0 Å². The van der Waals surface area contributed by atoms with Gasteiger partial charge >= 0.3 is 12.1 Å². The van der Waals surface area contributed by atoms with E-state index in [0.29, 0.717) is 16.5 Å². The number of nitrogens with one attached hydrogen (secondary N) is 1. The predicted molar refractivity (Wildman–Crippen MR) is 115 cm³/mol. The predicted octanol–water partition coefficient (Wildman–Crippen LogP) is 3.17. The number of amides is 1. The van der Waals surface area contributed by atoms with Gasteiger partial charge in [0.15, 0.2) is 11.5 Å². The number of aromatic nitrogens is 1. The summed E-state index contributed by atoms with van der Waals surface area (Å²) in [6.07, 6.45) is -4.56. The van der Waals surface area contributed by atoms with Crippen LogP contribution < -0.4 is 19.7 Å². The van der Waals surface area contributed by atoms with Crippen molar-refractivity contribution in [1.82, 2.24) is 10.5 Å². The molecule has 184 valence electrons. The monoisotopic (exact) mass is 492 g/mol. The summed E-state index contributed by atoms with van der Waals surface area (Å²) in [5.41, 5.74) is 2.00. The van der Waals surface area contributed by atoms with E-state index < -0.39 is 30.3 Å². The van der Waals surface area contributed by atoms with Crippen molar-refractivity contribution in [2.24, 2.45) is 0 Å². The average molecular weight is 492 g/mol. The fourth-order valence-corrected chi connectivity index (χ4v) is 3.22. The molecule has 35 heavy (non-hydrogen) atoms. The highest BCUT2D eigenvalue weighted by Crippen LogP contribution is 2.35. The molecular weight excluding hydrogens is 473 g/mol. The molecule has 0 aliphatic rings. The summed E-state index contributed by atoms with van der Waals surface area (Å²) in [5, 5.41) is 0.647. The van der Waals surface area contributed by atoms with Crippen molar-refractivity contribution < 1.29 is 46.6 Å². The summed E-state index contributed by atoms with van der Waals surface area (Å²) in [7, 11) is 4.24. The fraction of sp³-hybridized carbons (Fsp3) is 0.217. The van der Waals surface area contributed by atoms with Gasteiger partial charge in [0, 0.05) is 17.1 Å². The first-order valence-electron chi connectivity index (χ1n) is 9.88. The number of fused-ring (bicyclic) bond motifs is 1. The Hall–Kier alpha value is -4.35. The van der Waals surface area contributed by atoms with Gasteiger partial charge in [-0.1, -0.05) is 12.1 Å². The van der Waals surface area contributed by atoms with Crippen molar-refractivity contribution in [2.45, 2.75) is 12.6 Å². The highest BCUT2D eigenvalue weighted by Gasteiger charge is 2.42. The smallest absolute Gasteiger partial charge is 0.493 e.